The molecule has 1 amide bonds. The van der Waals surface area contributed by atoms with Gasteiger partial charge in [0, 0.05) is 25.4 Å². The van der Waals surface area contributed by atoms with Crippen LogP contribution in [0.2, 0.25) is 0 Å². The zero-order valence-corrected chi connectivity index (χ0v) is 9.93. The lowest BCUT2D eigenvalue weighted by atomic mass is 10.1. The molecule has 0 unspecified atom stereocenters. The SMILES string of the molecule is CCN(C[C@H](C)C#N)C(=O)c1ccc(=O)[nH]c1. The Morgan fingerprint density at radius 2 is 2.29 bits per heavy atom. The molecule has 0 aliphatic heterocycles. The standard InChI is InChI=1S/C12H15N3O2/c1-3-15(8-9(2)6-13)12(17)10-4-5-11(16)14-7-10/h4-5,7,9H,3,8H2,1-2H3,(H,14,16)/t9-/m1/s1. The number of hydrogen-bond acceptors (Lipinski definition) is 3. The van der Waals surface area contributed by atoms with Crippen molar-refractivity contribution in [2.24, 2.45) is 5.92 Å². The summed E-state index contributed by atoms with van der Waals surface area (Å²) < 4.78 is 0. The fourth-order valence-electron chi connectivity index (χ4n) is 1.45. The van der Waals surface area contributed by atoms with Gasteiger partial charge in [0.1, 0.15) is 0 Å². The highest BCUT2D eigenvalue weighted by Crippen LogP contribution is 2.05. The van der Waals surface area contributed by atoms with E-state index in [4.69, 9.17) is 5.26 Å². The number of pyridine rings is 1. The van der Waals surface area contributed by atoms with Gasteiger partial charge in [0.05, 0.1) is 17.6 Å². The van der Waals surface area contributed by atoms with Gasteiger partial charge in [-0.2, -0.15) is 5.26 Å². The largest absolute Gasteiger partial charge is 0.338 e. The van der Waals surface area contributed by atoms with Gasteiger partial charge in [-0.15, -0.1) is 0 Å². The average molecular weight is 233 g/mol. The summed E-state index contributed by atoms with van der Waals surface area (Å²) in [6.45, 7) is 4.55. The van der Waals surface area contributed by atoms with Gasteiger partial charge in [0.2, 0.25) is 5.56 Å². The Bertz CT molecular complexity index is 467. The molecule has 0 aliphatic carbocycles. The van der Waals surface area contributed by atoms with Crippen molar-refractivity contribution in [3.63, 3.8) is 0 Å². The van der Waals surface area contributed by atoms with Crippen LogP contribution in [0.4, 0.5) is 0 Å². The summed E-state index contributed by atoms with van der Waals surface area (Å²) in [5.74, 6) is -0.382. The number of aromatic amines is 1. The monoisotopic (exact) mass is 233 g/mol. The molecule has 1 rings (SSSR count). The molecule has 0 saturated carbocycles. The molecule has 1 atom stereocenters. The zero-order valence-electron chi connectivity index (χ0n) is 9.93. The fraction of sp³-hybridized carbons (Fsp3) is 0.417. The molecule has 1 aromatic heterocycles. The minimum atomic E-state index is -0.241. The number of carbonyl (C=O) groups excluding carboxylic acids is 1. The first kappa shape index (κ1) is 13.0. The molecule has 5 heteroatoms. The van der Waals surface area contributed by atoms with Crippen LogP contribution in [0.3, 0.4) is 0 Å². The topological polar surface area (TPSA) is 77.0 Å². The number of hydrogen-bond donors (Lipinski definition) is 1. The van der Waals surface area contributed by atoms with E-state index in [0.29, 0.717) is 18.7 Å². The molecule has 0 bridgehead atoms. The maximum absolute atomic E-state index is 12.0. The first-order valence-corrected chi connectivity index (χ1v) is 5.46. The second kappa shape index (κ2) is 5.85. The Hall–Kier alpha value is -2.09. The predicted molar refractivity (Wildman–Crippen MR) is 63.4 cm³/mol. The quantitative estimate of drug-likeness (QED) is 0.842. The summed E-state index contributed by atoms with van der Waals surface area (Å²) in [5.41, 5.74) is 0.187. The van der Waals surface area contributed by atoms with Crippen molar-refractivity contribution in [3.05, 3.63) is 34.2 Å². The molecular formula is C12H15N3O2. The molecule has 1 N–H and O–H groups in total. The lowest BCUT2D eigenvalue weighted by Crippen LogP contribution is -2.34. The van der Waals surface area contributed by atoms with Gasteiger partial charge < -0.3 is 9.88 Å². The lowest BCUT2D eigenvalue weighted by molar-refractivity contribution is 0.0752. The third-order valence-corrected chi connectivity index (χ3v) is 2.41. The second-order valence-corrected chi connectivity index (χ2v) is 3.82. The Morgan fingerprint density at radius 3 is 2.76 bits per heavy atom. The van der Waals surface area contributed by atoms with Crippen LogP contribution < -0.4 is 5.56 Å². The first-order chi connectivity index (χ1) is 8.08. The van der Waals surface area contributed by atoms with Gasteiger partial charge in [-0.3, -0.25) is 9.59 Å². The molecule has 0 aromatic carbocycles. The summed E-state index contributed by atoms with van der Waals surface area (Å²) in [6.07, 6.45) is 1.39. The number of H-pyrrole nitrogens is 1. The van der Waals surface area contributed by atoms with Crippen LogP contribution in [0.1, 0.15) is 24.2 Å². The van der Waals surface area contributed by atoms with Crippen LogP contribution in [0.15, 0.2) is 23.1 Å². The maximum atomic E-state index is 12.0. The van der Waals surface area contributed by atoms with E-state index in [9.17, 15) is 9.59 Å². The van der Waals surface area contributed by atoms with E-state index in [-0.39, 0.29) is 17.4 Å². The highest BCUT2D eigenvalue weighted by atomic mass is 16.2. The second-order valence-electron chi connectivity index (χ2n) is 3.82. The Morgan fingerprint density at radius 1 is 1.59 bits per heavy atom. The predicted octanol–water partition coefficient (Wildman–Crippen LogP) is 0.997. The van der Waals surface area contributed by atoms with Crippen LogP contribution in [0, 0.1) is 17.2 Å². The molecule has 0 radical (unpaired) electrons. The number of rotatable bonds is 4. The van der Waals surface area contributed by atoms with E-state index in [0.717, 1.165) is 0 Å². The van der Waals surface area contributed by atoms with Crippen molar-refractivity contribution in [1.82, 2.24) is 9.88 Å². The van der Waals surface area contributed by atoms with Crippen LogP contribution >= 0.6 is 0 Å². The van der Waals surface area contributed by atoms with E-state index in [2.05, 4.69) is 11.1 Å². The van der Waals surface area contributed by atoms with E-state index >= 15 is 0 Å². The number of nitrogens with zero attached hydrogens (tertiary/aromatic N) is 2. The summed E-state index contributed by atoms with van der Waals surface area (Å²) in [7, 11) is 0. The molecule has 1 aromatic rings. The molecule has 90 valence electrons. The highest BCUT2D eigenvalue weighted by Gasteiger charge is 2.16. The van der Waals surface area contributed by atoms with Gasteiger partial charge in [-0.25, -0.2) is 0 Å². The zero-order chi connectivity index (χ0) is 12.8. The van der Waals surface area contributed by atoms with Crippen LogP contribution in [-0.4, -0.2) is 28.9 Å². The van der Waals surface area contributed by atoms with Crippen molar-refractivity contribution >= 4 is 5.91 Å². The number of carbonyl (C=O) groups is 1. The number of amides is 1. The van der Waals surface area contributed by atoms with Gasteiger partial charge in [0.15, 0.2) is 0 Å². The molecule has 1 heterocycles. The van der Waals surface area contributed by atoms with Crippen molar-refractivity contribution < 1.29 is 4.79 Å². The van der Waals surface area contributed by atoms with Crippen LogP contribution in [-0.2, 0) is 0 Å². The smallest absolute Gasteiger partial charge is 0.255 e. The Labute approximate surface area is 99.7 Å². The third kappa shape index (κ3) is 3.45. The Kier molecular flexibility index (Phi) is 4.46. The molecule has 5 nitrogen and oxygen atoms in total. The summed E-state index contributed by atoms with van der Waals surface area (Å²) in [6, 6.07) is 4.89. The molecule has 0 aliphatic rings. The third-order valence-electron chi connectivity index (χ3n) is 2.41. The van der Waals surface area contributed by atoms with Crippen molar-refractivity contribution in [2.45, 2.75) is 13.8 Å². The van der Waals surface area contributed by atoms with Crippen LogP contribution in [0.5, 0.6) is 0 Å². The van der Waals surface area contributed by atoms with E-state index in [1.54, 1.807) is 11.8 Å². The molecular weight excluding hydrogens is 218 g/mol. The normalized spacial score (nSPS) is 11.6. The average Bonchev–Trinajstić information content (AvgIpc) is 2.35. The van der Waals surface area contributed by atoms with Gasteiger partial charge in [-0.05, 0) is 19.9 Å². The molecule has 17 heavy (non-hydrogen) atoms. The summed E-state index contributed by atoms with van der Waals surface area (Å²) >= 11 is 0. The van der Waals surface area contributed by atoms with Gasteiger partial charge in [0.25, 0.3) is 5.91 Å². The van der Waals surface area contributed by atoms with Crippen molar-refractivity contribution in [3.8, 4) is 6.07 Å². The minimum Gasteiger partial charge on any atom is -0.338 e. The van der Waals surface area contributed by atoms with Gasteiger partial charge in [-0.1, -0.05) is 0 Å². The lowest BCUT2D eigenvalue weighted by Gasteiger charge is -2.21. The van der Waals surface area contributed by atoms with Crippen molar-refractivity contribution in [1.29, 1.82) is 5.26 Å². The highest BCUT2D eigenvalue weighted by molar-refractivity contribution is 5.93. The van der Waals surface area contributed by atoms with E-state index < -0.39 is 0 Å². The van der Waals surface area contributed by atoms with E-state index in [1.807, 2.05) is 6.92 Å². The van der Waals surface area contributed by atoms with E-state index in [1.165, 1.54) is 18.3 Å². The number of aromatic nitrogens is 1. The Balaban J connectivity index is 2.83. The maximum Gasteiger partial charge on any atom is 0.255 e. The first-order valence-electron chi connectivity index (χ1n) is 5.46. The molecule has 0 fully saturated rings. The number of nitrogens with one attached hydrogen (secondary N) is 1. The van der Waals surface area contributed by atoms with Crippen molar-refractivity contribution in [2.75, 3.05) is 13.1 Å². The number of nitriles is 1. The summed E-state index contributed by atoms with van der Waals surface area (Å²) in [4.78, 5) is 27.0. The van der Waals surface area contributed by atoms with Crippen LogP contribution in [0.25, 0.3) is 0 Å². The van der Waals surface area contributed by atoms with Gasteiger partial charge >= 0.3 is 0 Å². The fourth-order valence-corrected chi connectivity index (χ4v) is 1.45. The molecule has 0 saturated heterocycles. The minimum absolute atomic E-state index is 0.175. The summed E-state index contributed by atoms with van der Waals surface area (Å²) in [5, 5.41) is 8.73. The molecule has 0 spiro atoms.